The number of halogens is 1. The average Bonchev–Trinajstić information content (AvgIpc) is 2.26. The van der Waals surface area contributed by atoms with Crippen LogP contribution in [0.3, 0.4) is 0 Å². The van der Waals surface area contributed by atoms with Gasteiger partial charge in [-0.3, -0.25) is 9.59 Å². The van der Waals surface area contributed by atoms with Gasteiger partial charge in [-0.1, -0.05) is 0 Å². The van der Waals surface area contributed by atoms with Crippen LogP contribution in [0.2, 0.25) is 0 Å². The molecule has 1 N–H and O–H groups in total. The molecule has 0 atom stereocenters. The van der Waals surface area contributed by atoms with Crippen molar-refractivity contribution in [2.75, 3.05) is 13.7 Å². The zero-order chi connectivity index (χ0) is 11.3. The summed E-state index contributed by atoms with van der Waals surface area (Å²) >= 11 is 5.08. The van der Waals surface area contributed by atoms with E-state index in [9.17, 15) is 9.59 Å². The zero-order valence-electron chi connectivity index (χ0n) is 8.12. The van der Waals surface area contributed by atoms with E-state index in [2.05, 4.69) is 5.32 Å². The summed E-state index contributed by atoms with van der Waals surface area (Å²) in [5, 5.41) is 1.77. The predicted molar refractivity (Wildman–Crippen MR) is 56.2 cm³/mol. The van der Waals surface area contributed by atoms with Gasteiger partial charge in [-0.2, -0.15) is 0 Å². The first-order valence-electron chi connectivity index (χ1n) is 4.24. The lowest BCUT2D eigenvalue weighted by molar-refractivity contribution is -0.110. The lowest BCUT2D eigenvalue weighted by Crippen LogP contribution is -2.27. The van der Waals surface area contributed by atoms with Gasteiger partial charge in [0.05, 0.1) is 13.7 Å². The number of ether oxygens (including phenoxy) is 1. The van der Waals surface area contributed by atoms with Gasteiger partial charge in [-0.25, -0.2) is 0 Å². The molecule has 0 fully saturated rings. The van der Waals surface area contributed by atoms with E-state index in [0.717, 1.165) is 0 Å². The quantitative estimate of drug-likeness (QED) is 0.787. The molecule has 15 heavy (non-hydrogen) atoms. The Kier molecular flexibility index (Phi) is 4.12. The van der Waals surface area contributed by atoms with E-state index < -0.39 is 5.24 Å². The summed E-state index contributed by atoms with van der Waals surface area (Å²) in [6.07, 6.45) is 0. The third-order valence-electron chi connectivity index (χ3n) is 1.74. The van der Waals surface area contributed by atoms with Crippen LogP contribution in [0, 0.1) is 0 Å². The highest BCUT2D eigenvalue weighted by Crippen LogP contribution is 2.10. The maximum Gasteiger partial charge on any atom is 0.251 e. The summed E-state index contributed by atoms with van der Waals surface area (Å²) in [7, 11) is 1.54. The second-order valence-corrected chi connectivity index (χ2v) is 3.19. The zero-order valence-corrected chi connectivity index (χ0v) is 8.88. The van der Waals surface area contributed by atoms with Gasteiger partial charge in [0.25, 0.3) is 5.91 Å². The van der Waals surface area contributed by atoms with Gasteiger partial charge in [0.1, 0.15) is 5.75 Å². The summed E-state index contributed by atoms with van der Waals surface area (Å²) in [5.74, 6) is 0.326. The maximum absolute atomic E-state index is 11.4. The van der Waals surface area contributed by atoms with Crippen LogP contribution in [0.1, 0.15) is 10.4 Å². The molecule has 1 amide bonds. The topological polar surface area (TPSA) is 55.4 Å². The molecule has 0 bridgehead atoms. The van der Waals surface area contributed by atoms with Crippen LogP contribution < -0.4 is 10.1 Å². The number of rotatable bonds is 4. The molecule has 80 valence electrons. The normalized spacial score (nSPS) is 9.47. The van der Waals surface area contributed by atoms with Gasteiger partial charge in [-0.15, -0.1) is 0 Å². The Morgan fingerprint density at radius 1 is 1.33 bits per heavy atom. The van der Waals surface area contributed by atoms with Crippen LogP contribution in [0.15, 0.2) is 24.3 Å². The van der Waals surface area contributed by atoms with E-state index >= 15 is 0 Å². The number of nitrogens with one attached hydrogen (secondary N) is 1. The lowest BCUT2D eigenvalue weighted by Gasteiger charge is -2.03. The number of methoxy groups -OCH3 is 1. The number of carbonyl (C=O) groups is 2. The Morgan fingerprint density at radius 2 is 1.93 bits per heavy atom. The standard InChI is InChI=1S/C10H10ClNO3/c1-15-8-4-2-7(3-5-8)10(14)12-6-9(11)13/h2-5H,6H2,1H3,(H,12,14). The fourth-order valence-electron chi connectivity index (χ4n) is 0.994. The minimum Gasteiger partial charge on any atom is -0.497 e. The van der Waals surface area contributed by atoms with E-state index in [0.29, 0.717) is 11.3 Å². The van der Waals surface area contributed by atoms with E-state index in [1.54, 1.807) is 31.4 Å². The van der Waals surface area contributed by atoms with Gasteiger partial charge >= 0.3 is 0 Å². The van der Waals surface area contributed by atoms with E-state index in [4.69, 9.17) is 16.3 Å². The summed E-state index contributed by atoms with van der Waals surface area (Å²) in [5.41, 5.74) is 0.453. The van der Waals surface area contributed by atoms with Crippen molar-refractivity contribution in [3.05, 3.63) is 29.8 Å². The predicted octanol–water partition coefficient (Wildman–Crippen LogP) is 1.19. The molecule has 1 aromatic rings. The van der Waals surface area contributed by atoms with E-state index in [-0.39, 0.29) is 12.5 Å². The third-order valence-corrected chi connectivity index (χ3v) is 1.87. The van der Waals surface area contributed by atoms with Crippen LogP contribution in [-0.4, -0.2) is 24.8 Å². The van der Waals surface area contributed by atoms with Gasteiger partial charge in [-0.05, 0) is 35.9 Å². The van der Waals surface area contributed by atoms with Crippen LogP contribution in [0.5, 0.6) is 5.75 Å². The molecule has 0 radical (unpaired) electrons. The summed E-state index contributed by atoms with van der Waals surface area (Å²) < 4.78 is 4.94. The van der Waals surface area contributed by atoms with Crippen molar-refractivity contribution in [1.29, 1.82) is 0 Å². The molecule has 0 heterocycles. The van der Waals surface area contributed by atoms with Crippen LogP contribution >= 0.6 is 11.6 Å². The molecular weight excluding hydrogens is 218 g/mol. The van der Waals surface area contributed by atoms with Crippen molar-refractivity contribution in [3.63, 3.8) is 0 Å². The molecule has 0 aromatic heterocycles. The highest BCUT2D eigenvalue weighted by Gasteiger charge is 2.06. The number of benzene rings is 1. The summed E-state index contributed by atoms with van der Waals surface area (Å²) in [4.78, 5) is 21.8. The number of amides is 1. The lowest BCUT2D eigenvalue weighted by atomic mass is 10.2. The molecule has 0 spiro atoms. The molecule has 1 aromatic carbocycles. The highest BCUT2D eigenvalue weighted by atomic mass is 35.5. The van der Waals surface area contributed by atoms with Crippen LogP contribution in [-0.2, 0) is 4.79 Å². The fraction of sp³-hybridized carbons (Fsp3) is 0.200. The van der Waals surface area contributed by atoms with Gasteiger partial charge < -0.3 is 10.1 Å². The molecule has 5 heteroatoms. The molecule has 0 saturated carbocycles. The summed E-state index contributed by atoms with van der Waals surface area (Å²) in [6, 6.07) is 6.54. The average molecular weight is 228 g/mol. The second-order valence-electron chi connectivity index (χ2n) is 2.77. The van der Waals surface area contributed by atoms with Crippen molar-refractivity contribution in [3.8, 4) is 5.75 Å². The van der Waals surface area contributed by atoms with Gasteiger partial charge in [0, 0.05) is 5.56 Å². The molecule has 0 aliphatic carbocycles. The monoisotopic (exact) mass is 227 g/mol. The molecular formula is C10H10ClNO3. The van der Waals surface area contributed by atoms with Crippen molar-refractivity contribution >= 4 is 22.8 Å². The van der Waals surface area contributed by atoms with Crippen molar-refractivity contribution in [1.82, 2.24) is 5.32 Å². The molecule has 0 saturated heterocycles. The minimum absolute atomic E-state index is 0.174. The second kappa shape index (κ2) is 5.36. The van der Waals surface area contributed by atoms with Crippen LogP contribution in [0.25, 0.3) is 0 Å². The van der Waals surface area contributed by atoms with E-state index in [1.807, 2.05) is 0 Å². The largest absolute Gasteiger partial charge is 0.497 e. The molecule has 1 rings (SSSR count). The number of hydrogen-bond acceptors (Lipinski definition) is 3. The third kappa shape index (κ3) is 3.59. The molecule has 0 unspecified atom stereocenters. The molecule has 4 nitrogen and oxygen atoms in total. The SMILES string of the molecule is COc1ccc(C(=O)NCC(=O)Cl)cc1. The number of carbonyl (C=O) groups excluding carboxylic acids is 2. The Balaban J connectivity index is 2.62. The molecule has 0 aliphatic heterocycles. The van der Waals surface area contributed by atoms with Crippen molar-refractivity contribution in [2.45, 2.75) is 0 Å². The first-order valence-corrected chi connectivity index (χ1v) is 4.62. The maximum atomic E-state index is 11.4. The minimum atomic E-state index is -0.600. The first kappa shape index (κ1) is 11.5. The van der Waals surface area contributed by atoms with Crippen molar-refractivity contribution < 1.29 is 14.3 Å². The molecule has 0 aliphatic rings. The fourth-order valence-corrected chi connectivity index (χ4v) is 1.06. The van der Waals surface area contributed by atoms with Crippen LogP contribution in [0.4, 0.5) is 0 Å². The van der Waals surface area contributed by atoms with Gasteiger partial charge in [0.15, 0.2) is 0 Å². The first-order chi connectivity index (χ1) is 7.13. The number of hydrogen-bond donors (Lipinski definition) is 1. The van der Waals surface area contributed by atoms with Crippen molar-refractivity contribution in [2.24, 2.45) is 0 Å². The Hall–Kier alpha value is -1.55. The summed E-state index contributed by atoms with van der Waals surface area (Å²) in [6.45, 7) is -0.174. The Morgan fingerprint density at radius 3 is 2.40 bits per heavy atom. The Bertz CT molecular complexity index is 361. The smallest absolute Gasteiger partial charge is 0.251 e. The highest BCUT2D eigenvalue weighted by molar-refractivity contribution is 6.64. The Labute approximate surface area is 92.2 Å². The van der Waals surface area contributed by atoms with Gasteiger partial charge in [0.2, 0.25) is 5.24 Å². The van der Waals surface area contributed by atoms with E-state index in [1.165, 1.54) is 0 Å².